The Morgan fingerprint density at radius 3 is 2.75 bits per heavy atom. The van der Waals surface area contributed by atoms with Crippen molar-refractivity contribution in [3.05, 3.63) is 28.1 Å². The van der Waals surface area contributed by atoms with Crippen LogP contribution in [0.1, 0.15) is 25.7 Å². The third-order valence-corrected chi connectivity index (χ3v) is 4.40. The molecule has 1 aromatic rings. The quantitative estimate of drug-likeness (QED) is 0.630. The molecule has 3 rings (SSSR count). The molecule has 20 heavy (non-hydrogen) atoms. The summed E-state index contributed by atoms with van der Waals surface area (Å²) in [5.41, 5.74) is 0.449. The normalized spacial score (nSPS) is 20.0. The average molecular weight is 280 g/mol. The van der Waals surface area contributed by atoms with Gasteiger partial charge in [0.05, 0.1) is 23.8 Å². The number of piperidine rings is 1. The third kappa shape index (κ3) is 2.19. The lowest BCUT2D eigenvalue weighted by atomic mass is 9.94. The SMILES string of the molecule is COc1cc(N2CCCC3(CC3)C2)c(F)cc1[N+](=O)[O-]. The number of hydrogen-bond donors (Lipinski definition) is 0. The summed E-state index contributed by atoms with van der Waals surface area (Å²) in [5, 5.41) is 10.9. The zero-order chi connectivity index (χ0) is 14.3. The molecule has 1 aromatic carbocycles. The zero-order valence-electron chi connectivity index (χ0n) is 11.4. The lowest BCUT2D eigenvalue weighted by Crippen LogP contribution is -2.37. The van der Waals surface area contributed by atoms with Crippen LogP contribution in [0.3, 0.4) is 0 Å². The van der Waals surface area contributed by atoms with Gasteiger partial charge in [-0.15, -0.1) is 0 Å². The predicted octanol–water partition coefficient (Wildman–Crippen LogP) is 3.12. The van der Waals surface area contributed by atoms with E-state index in [-0.39, 0.29) is 11.4 Å². The van der Waals surface area contributed by atoms with E-state index in [1.807, 2.05) is 4.90 Å². The molecular formula is C14H17FN2O3. The number of rotatable bonds is 3. The molecule has 1 heterocycles. The molecule has 0 aromatic heterocycles. The molecule has 1 aliphatic carbocycles. The van der Waals surface area contributed by atoms with E-state index in [4.69, 9.17) is 4.74 Å². The second kappa shape index (κ2) is 4.61. The van der Waals surface area contributed by atoms with Crippen molar-refractivity contribution < 1.29 is 14.1 Å². The largest absolute Gasteiger partial charge is 0.490 e. The number of anilines is 1. The van der Waals surface area contributed by atoms with Crippen LogP contribution in [0.2, 0.25) is 0 Å². The predicted molar refractivity (Wildman–Crippen MR) is 72.7 cm³/mol. The molecule has 5 nitrogen and oxygen atoms in total. The summed E-state index contributed by atoms with van der Waals surface area (Å²) in [6.07, 6.45) is 4.65. The van der Waals surface area contributed by atoms with Gasteiger partial charge in [-0.2, -0.15) is 0 Å². The molecule has 2 fully saturated rings. The number of nitro groups is 1. The minimum Gasteiger partial charge on any atom is -0.490 e. The number of nitrogens with zero attached hydrogens (tertiary/aromatic N) is 2. The van der Waals surface area contributed by atoms with Gasteiger partial charge in [-0.3, -0.25) is 10.1 Å². The Morgan fingerprint density at radius 2 is 2.15 bits per heavy atom. The van der Waals surface area contributed by atoms with Gasteiger partial charge in [0.15, 0.2) is 11.6 Å². The molecule has 0 N–H and O–H groups in total. The van der Waals surface area contributed by atoms with Crippen molar-refractivity contribution in [2.75, 3.05) is 25.1 Å². The fourth-order valence-electron chi connectivity index (χ4n) is 3.08. The summed E-state index contributed by atoms with van der Waals surface area (Å²) in [6.45, 7) is 1.63. The van der Waals surface area contributed by atoms with Gasteiger partial charge in [0.25, 0.3) is 0 Å². The van der Waals surface area contributed by atoms with Gasteiger partial charge in [-0.05, 0) is 31.1 Å². The van der Waals surface area contributed by atoms with Gasteiger partial charge in [0, 0.05) is 19.2 Å². The van der Waals surface area contributed by atoms with E-state index in [1.54, 1.807) is 0 Å². The van der Waals surface area contributed by atoms with E-state index in [9.17, 15) is 14.5 Å². The Balaban J connectivity index is 1.94. The van der Waals surface area contributed by atoms with Crippen molar-refractivity contribution in [1.82, 2.24) is 0 Å². The van der Waals surface area contributed by atoms with E-state index in [0.29, 0.717) is 11.1 Å². The van der Waals surface area contributed by atoms with Crippen LogP contribution in [0.15, 0.2) is 12.1 Å². The monoisotopic (exact) mass is 280 g/mol. The van der Waals surface area contributed by atoms with Crippen LogP contribution in [0.5, 0.6) is 5.75 Å². The Kier molecular flexibility index (Phi) is 3.03. The zero-order valence-corrected chi connectivity index (χ0v) is 11.4. The van der Waals surface area contributed by atoms with Crippen LogP contribution >= 0.6 is 0 Å². The van der Waals surface area contributed by atoms with E-state index in [2.05, 4.69) is 0 Å². The van der Waals surface area contributed by atoms with Crippen LogP contribution < -0.4 is 9.64 Å². The molecule has 0 amide bonds. The number of benzene rings is 1. The van der Waals surface area contributed by atoms with Gasteiger partial charge in [-0.1, -0.05) is 0 Å². The van der Waals surface area contributed by atoms with Gasteiger partial charge >= 0.3 is 5.69 Å². The van der Waals surface area contributed by atoms with Crippen molar-refractivity contribution in [3.63, 3.8) is 0 Å². The summed E-state index contributed by atoms with van der Waals surface area (Å²) in [5.74, 6) is -0.433. The topological polar surface area (TPSA) is 55.6 Å². The molecule has 1 saturated carbocycles. The van der Waals surface area contributed by atoms with Crippen molar-refractivity contribution in [3.8, 4) is 5.75 Å². The molecule has 108 valence electrons. The van der Waals surface area contributed by atoms with Crippen molar-refractivity contribution in [1.29, 1.82) is 0 Å². The van der Waals surface area contributed by atoms with Gasteiger partial charge in [-0.25, -0.2) is 4.39 Å². The maximum atomic E-state index is 14.2. The van der Waals surface area contributed by atoms with E-state index in [0.717, 1.165) is 25.6 Å². The second-order valence-corrected chi connectivity index (χ2v) is 5.76. The highest BCUT2D eigenvalue weighted by Crippen LogP contribution is 2.53. The number of nitro benzene ring substituents is 1. The van der Waals surface area contributed by atoms with E-state index in [1.165, 1.54) is 32.4 Å². The Labute approximate surface area is 116 Å². The molecule has 0 radical (unpaired) electrons. The number of methoxy groups -OCH3 is 1. The van der Waals surface area contributed by atoms with Gasteiger partial charge in [0.1, 0.15) is 0 Å². The highest BCUT2D eigenvalue weighted by atomic mass is 19.1. The highest BCUT2D eigenvalue weighted by molar-refractivity contribution is 5.60. The smallest absolute Gasteiger partial charge is 0.313 e. The van der Waals surface area contributed by atoms with Crippen molar-refractivity contribution in [2.24, 2.45) is 5.41 Å². The van der Waals surface area contributed by atoms with Crippen LogP contribution in [-0.2, 0) is 0 Å². The Morgan fingerprint density at radius 1 is 1.40 bits per heavy atom. The average Bonchev–Trinajstić information content (AvgIpc) is 3.17. The fraction of sp³-hybridized carbons (Fsp3) is 0.571. The standard InChI is InChI=1S/C14H17FN2O3/c1-20-13-8-11(10(15)7-12(13)17(18)19)16-6-2-3-14(9-16)4-5-14/h7-8H,2-6,9H2,1H3. The first-order valence-electron chi connectivity index (χ1n) is 6.82. The molecule has 1 aliphatic heterocycles. The lowest BCUT2D eigenvalue weighted by Gasteiger charge is -2.35. The third-order valence-electron chi connectivity index (χ3n) is 4.40. The summed E-state index contributed by atoms with van der Waals surface area (Å²) in [6, 6.07) is 2.41. The van der Waals surface area contributed by atoms with Crippen molar-refractivity contribution in [2.45, 2.75) is 25.7 Å². The molecule has 1 saturated heterocycles. The first-order chi connectivity index (χ1) is 9.54. The molecule has 1 spiro atoms. The molecule has 6 heteroatoms. The first-order valence-corrected chi connectivity index (χ1v) is 6.82. The first kappa shape index (κ1) is 13.1. The number of ether oxygens (including phenoxy) is 1. The van der Waals surface area contributed by atoms with E-state index >= 15 is 0 Å². The maximum absolute atomic E-state index is 14.2. The Bertz CT molecular complexity index is 558. The van der Waals surface area contributed by atoms with E-state index < -0.39 is 10.7 Å². The van der Waals surface area contributed by atoms with Crippen LogP contribution in [0.25, 0.3) is 0 Å². The fourth-order valence-corrected chi connectivity index (χ4v) is 3.08. The maximum Gasteiger partial charge on any atom is 0.313 e. The summed E-state index contributed by atoms with van der Waals surface area (Å²) in [7, 11) is 1.36. The van der Waals surface area contributed by atoms with Crippen LogP contribution in [0, 0.1) is 21.3 Å². The Hall–Kier alpha value is -1.85. The van der Waals surface area contributed by atoms with Gasteiger partial charge < -0.3 is 9.64 Å². The summed E-state index contributed by atoms with van der Waals surface area (Å²) >= 11 is 0. The minimum absolute atomic E-state index is 0.113. The summed E-state index contributed by atoms with van der Waals surface area (Å²) in [4.78, 5) is 12.3. The molecule has 0 unspecified atom stereocenters. The molecule has 2 aliphatic rings. The highest BCUT2D eigenvalue weighted by Gasteiger charge is 2.45. The minimum atomic E-state index is -0.621. The van der Waals surface area contributed by atoms with Crippen LogP contribution in [0.4, 0.5) is 15.8 Å². The number of hydrogen-bond acceptors (Lipinski definition) is 4. The molecular weight excluding hydrogens is 263 g/mol. The molecule has 0 bridgehead atoms. The van der Waals surface area contributed by atoms with Crippen molar-refractivity contribution >= 4 is 11.4 Å². The molecule has 0 atom stereocenters. The lowest BCUT2D eigenvalue weighted by molar-refractivity contribution is -0.385. The summed E-state index contributed by atoms with van der Waals surface area (Å²) < 4.78 is 19.2. The second-order valence-electron chi connectivity index (χ2n) is 5.76. The number of halogens is 1. The van der Waals surface area contributed by atoms with Crippen LogP contribution in [-0.4, -0.2) is 25.1 Å². The van der Waals surface area contributed by atoms with Gasteiger partial charge in [0.2, 0.25) is 0 Å².